The van der Waals surface area contributed by atoms with Crippen molar-refractivity contribution in [1.82, 2.24) is 10.2 Å². The van der Waals surface area contributed by atoms with E-state index >= 15 is 8.78 Å². The summed E-state index contributed by atoms with van der Waals surface area (Å²) in [6, 6.07) is 45.4. The quantitative estimate of drug-likeness (QED) is 0.0374. The maximum Gasteiger partial charge on any atom is 0.399 e. The van der Waals surface area contributed by atoms with Gasteiger partial charge in [-0.05, 0) is 118 Å². The number of likely N-dealkylation sites (tertiary alicyclic amines) is 1. The standard InChI is InChI=1S/C25H26F2N2O5.C12H10F2O3.C12H10O4.C10H6F2O3.C8H6O.CH4/c26-25(27,22-14-16-5-1-2-6-19(16)34-22)24(31)28-18(15-29-9-3-4-10-29)23(30)17-7-8-20-21(13-17)33-12-11-32-20;1-2-16-11(15)12(13,14)10-7-8-5-3-4-6-9(8)17-10;1-2-15-12(14)11(13)10-7-8-5-3-4-6-9(8)16-10;11-10(12,9(13)14)8-5-6-3-1-2-4-7(6)15-8;1-2-4-8-7(3-1)5-6-9-8;/h1-2,5-8,13-14,18,23,30H,3-4,9-12,15H2,(H,28,31);3-7H,2H2,1H3;3-7H,2H2,1H3;1-5H,(H,13,14);1-6H;1H4/t18-,23-;;;;;/m1...../s1. The van der Waals surface area contributed by atoms with E-state index in [9.17, 15) is 46.6 Å². The number of carboxylic acids is 1. The zero-order valence-corrected chi connectivity index (χ0v) is 48.6. The molecule has 0 aliphatic carbocycles. The van der Waals surface area contributed by atoms with E-state index in [0.717, 1.165) is 54.4 Å². The number of ether oxygens (including phenoxy) is 4. The summed E-state index contributed by atoms with van der Waals surface area (Å²) in [5, 5.41) is 25.2. The molecule has 0 saturated carbocycles. The average molecular weight is 1280 g/mol. The predicted molar refractivity (Wildman–Crippen MR) is 325 cm³/mol. The number of fused-ring (bicyclic) bond motifs is 6. The molecule has 0 radical (unpaired) electrons. The number of halogens is 6. The second-order valence-corrected chi connectivity index (χ2v) is 20.3. The van der Waals surface area contributed by atoms with Gasteiger partial charge < -0.3 is 61.5 Å². The zero-order chi connectivity index (χ0) is 64.9. The Morgan fingerprint density at radius 1 is 0.543 bits per heavy atom. The summed E-state index contributed by atoms with van der Waals surface area (Å²) in [6.45, 7) is 5.78. The molecule has 0 bridgehead atoms. The highest BCUT2D eigenvalue weighted by Crippen LogP contribution is 2.38. The number of aliphatic carboxylic acids is 1. The number of amides is 1. The number of benzene rings is 6. The van der Waals surface area contributed by atoms with Gasteiger partial charge in [-0.2, -0.15) is 26.3 Å². The summed E-state index contributed by atoms with van der Waals surface area (Å²) >= 11 is 0. The SMILES string of the molecule is C.CCOC(=O)C(=O)c1cc2ccccc2o1.CCOC(=O)C(F)(F)c1cc2ccccc2o1.O=C(N[C@H](CN1CCCC1)[C@H](O)c1ccc2c(c1)OCCO2)C(F)(F)c1cc2ccccc2o1.O=C(O)C(F)(F)c1cc2ccccc2o1.c1ccc2occc2c1. The van der Waals surface area contributed by atoms with Gasteiger partial charge in [-0.1, -0.05) is 104 Å². The summed E-state index contributed by atoms with van der Waals surface area (Å²) in [4.78, 5) is 59.0. The van der Waals surface area contributed by atoms with Crippen LogP contribution in [0.3, 0.4) is 0 Å². The van der Waals surface area contributed by atoms with E-state index in [2.05, 4.69) is 14.8 Å². The van der Waals surface area contributed by atoms with Crippen molar-refractivity contribution in [3.8, 4) is 11.5 Å². The van der Waals surface area contributed by atoms with Crippen molar-refractivity contribution in [3.63, 3.8) is 0 Å². The molecule has 13 rings (SSSR count). The molecule has 5 aromatic heterocycles. The number of esters is 2. The summed E-state index contributed by atoms with van der Waals surface area (Å²) in [5.74, 6) is -19.9. The lowest BCUT2D eigenvalue weighted by Gasteiger charge is -2.30. The minimum atomic E-state index is -3.99. The Labute approximate surface area is 520 Å². The molecule has 11 aromatic rings. The summed E-state index contributed by atoms with van der Waals surface area (Å²) in [7, 11) is 0. The summed E-state index contributed by atoms with van der Waals surface area (Å²) in [5.41, 5.74) is 2.81. The van der Waals surface area contributed by atoms with Crippen molar-refractivity contribution >= 4 is 84.4 Å². The minimum Gasteiger partial charge on any atom is -0.486 e. The van der Waals surface area contributed by atoms with Gasteiger partial charge in [0.1, 0.15) is 47.2 Å². The molecule has 1 fully saturated rings. The highest BCUT2D eigenvalue weighted by molar-refractivity contribution is 6.40. The van der Waals surface area contributed by atoms with E-state index in [4.69, 9.17) is 36.7 Å². The lowest BCUT2D eigenvalue weighted by Crippen LogP contribution is -2.50. The molecule has 1 amide bonds. The highest BCUT2D eigenvalue weighted by Gasteiger charge is 2.48. The van der Waals surface area contributed by atoms with Crippen LogP contribution >= 0.6 is 0 Å². The van der Waals surface area contributed by atoms with Gasteiger partial charge in [0.15, 0.2) is 34.5 Å². The molecule has 482 valence electrons. The number of carbonyl (C=O) groups is 5. The van der Waals surface area contributed by atoms with Gasteiger partial charge in [0.05, 0.1) is 25.5 Å². The minimum absolute atomic E-state index is 0. The number of carbonyl (C=O) groups excluding carboxylic acids is 4. The number of Topliss-reactive ketones (excluding diaryl/α,β-unsaturated/α-hetero) is 1. The van der Waals surface area contributed by atoms with Gasteiger partial charge in [-0.15, -0.1) is 0 Å². The molecule has 2 aliphatic rings. The number of ketones is 1. The average Bonchev–Trinajstić information content (AvgIpc) is 1.63. The monoisotopic (exact) mass is 1280 g/mol. The van der Waals surface area contributed by atoms with Gasteiger partial charge in [0, 0.05) is 33.5 Å². The normalized spacial score (nSPS) is 13.6. The number of para-hydroxylation sites is 5. The number of nitrogens with zero attached hydrogens (tertiary/aromatic N) is 1. The first-order chi connectivity index (χ1) is 43.7. The van der Waals surface area contributed by atoms with E-state index in [-0.39, 0.29) is 44.1 Å². The van der Waals surface area contributed by atoms with Crippen LogP contribution in [-0.2, 0) is 46.4 Å². The number of hydrogen-bond donors (Lipinski definition) is 3. The Kier molecular flexibility index (Phi) is 22.0. The Morgan fingerprint density at radius 2 is 1.00 bits per heavy atom. The van der Waals surface area contributed by atoms with Gasteiger partial charge in [0.2, 0.25) is 0 Å². The third-order valence-electron chi connectivity index (χ3n) is 14.0. The number of aliphatic hydroxyl groups is 1. The topological polar surface area (TPSA) is 244 Å². The number of carboxylic acid groups (broad SMARTS) is 1. The molecule has 0 unspecified atom stereocenters. The fourth-order valence-electron chi connectivity index (χ4n) is 9.45. The predicted octanol–water partition coefficient (Wildman–Crippen LogP) is 14.6. The Bertz CT molecular complexity index is 4150. The first-order valence-corrected chi connectivity index (χ1v) is 28.4. The molecule has 92 heavy (non-hydrogen) atoms. The third-order valence-corrected chi connectivity index (χ3v) is 14.0. The second kappa shape index (κ2) is 30.0. The van der Waals surface area contributed by atoms with E-state index in [1.165, 1.54) is 25.1 Å². The van der Waals surface area contributed by atoms with E-state index in [1.54, 1.807) is 116 Å². The van der Waals surface area contributed by atoms with Crippen LogP contribution in [-0.4, -0.2) is 96.8 Å². The van der Waals surface area contributed by atoms with E-state index < -0.39 is 76.8 Å². The first kappa shape index (κ1) is 67.6. The largest absolute Gasteiger partial charge is 0.486 e. The third kappa shape index (κ3) is 16.0. The van der Waals surface area contributed by atoms with Crippen LogP contribution in [0.5, 0.6) is 11.5 Å². The van der Waals surface area contributed by atoms with Crippen LogP contribution < -0.4 is 14.8 Å². The number of furan rings is 5. The summed E-state index contributed by atoms with van der Waals surface area (Å²) < 4.78 is 129. The number of nitrogens with one attached hydrogen (secondary N) is 1. The molecular formula is C68H62F6N2O16. The Morgan fingerprint density at radius 3 is 1.49 bits per heavy atom. The molecule has 18 nitrogen and oxygen atoms in total. The molecule has 2 aliphatic heterocycles. The highest BCUT2D eigenvalue weighted by atomic mass is 19.3. The van der Waals surface area contributed by atoms with Crippen molar-refractivity contribution in [2.45, 2.75) is 64.0 Å². The smallest absolute Gasteiger partial charge is 0.399 e. The van der Waals surface area contributed by atoms with Crippen LogP contribution in [0, 0.1) is 0 Å². The molecular weight excluding hydrogens is 1210 g/mol. The van der Waals surface area contributed by atoms with E-state index in [0.29, 0.717) is 57.6 Å². The van der Waals surface area contributed by atoms with Gasteiger partial charge >= 0.3 is 41.5 Å². The zero-order valence-electron chi connectivity index (χ0n) is 48.6. The van der Waals surface area contributed by atoms with Crippen LogP contribution in [0.1, 0.15) is 73.6 Å². The maximum atomic E-state index is 15.1. The number of aliphatic hydroxyl groups excluding tert-OH is 1. The van der Waals surface area contributed by atoms with Crippen molar-refractivity contribution in [1.29, 1.82) is 0 Å². The van der Waals surface area contributed by atoms with Crippen LogP contribution in [0.15, 0.2) is 198 Å². The fourth-order valence-corrected chi connectivity index (χ4v) is 9.45. The number of rotatable bonds is 15. The van der Waals surface area contributed by atoms with Crippen molar-refractivity contribution in [3.05, 3.63) is 205 Å². The Hall–Kier alpha value is -10.3. The van der Waals surface area contributed by atoms with E-state index in [1.807, 2.05) is 41.3 Å². The first-order valence-electron chi connectivity index (χ1n) is 28.4. The summed E-state index contributed by atoms with van der Waals surface area (Å²) in [6.07, 6.45) is 2.43. The van der Waals surface area contributed by atoms with Crippen LogP contribution in [0.4, 0.5) is 26.3 Å². The van der Waals surface area contributed by atoms with Crippen LogP contribution in [0.2, 0.25) is 0 Å². The molecule has 1 saturated heterocycles. The molecule has 0 spiro atoms. The van der Waals surface area contributed by atoms with Crippen molar-refractivity contribution in [2.24, 2.45) is 0 Å². The molecule has 6 aromatic carbocycles. The maximum absolute atomic E-state index is 15.1. The van der Waals surface area contributed by atoms with Crippen LogP contribution in [0.25, 0.3) is 54.8 Å². The molecule has 7 heterocycles. The van der Waals surface area contributed by atoms with Crippen molar-refractivity contribution in [2.75, 3.05) is 46.1 Å². The van der Waals surface area contributed by atoms with Gasteiger partial charge in [0.25, 0.3) is 5.91 Å². The number of alkyl halides is 6. The fraction of sp³-hybridized carbons (Fsp3) is 0.250. The second-order valence-electron chi connectivity index (χ2n) is 20.3. The lowest BCUT2D eigenvalue weighted by atomic mass is 10.0. The lowest BCUT2D eigenvalue weighted by molar-refractivity contribution is -0.175. The number of hydrogen-bond acceptors (Lipinski definition) is 16. The molecule has 24 heteroatoms. The molecule has 2 atom stereocenters. The molecule has 3 N–H and O–H groups in total. The van der Waals surface area contributed by atoms with Gasteiger partial charge in [-0.25, -0.2) is 14.4 Å². The van der Waals surface area contributed by atoms with Gasteiger partial charge in [-0.3, -0.25) is 9.59 Å². The Balaban J connectivity index is 0.000000159. The van der Waals surface area contributed by atoms with Crippen molar-refractivity contribution < 1.29 is 102 Å².